The number of rotatable bonds is 8. The Morgan fingerprint density at radius 3 is 2.33 bits per heavy atom. The molecule has 0 bridgehead atoms. The highest BCUT2D eigenvalue weighted by atomic mass is 16.3. The highest BCUT2D eigenvalue weighted by molar-refractivity contribution is 5.96. The molecule has 0 fully saturated rings. The molecule has 3 aromatic rings. The van der Waals surface area contributed by atoms with Crippen molar-refractivity contribution in [1.82, 2.24) is 5.32 Å². The predicted molar refractivity (Wildman–Crippen MR) is 114 cm³/mol. The van der Waals surface area contributed by atoms with E-state index in [2.05, 4.69) is 21.3 Å². The molecule has 0 radical (unpaired) electrons. The van der Waals surface area contributed by atoms with Gasteiger partial charge in [0.2, 0.25) is 11.8 Å². The molecule has 0 aliphatic heterocycles. The fraction of sp³-hybridized carbons (Fsp3) is 0.136. The molecule has 0 spiro atoms. The summed E-state index contributed by atoms with van der Waals surface area (Å²) in [6.07, 6.45) is 1.55. The molecule has 0 aliphatic carbocycles. The van der Waals surface area contributed by atoms with Gasteiger partial charge in [-0.3, -0.25) is 14.4 Å². The lowest BCUT2D eigenvalue weighted by molar-refractivity contribution is -0.115. The lowest BCUT2D eigenvalue weighted by atomic mass is 10.2. The molecule has 8 heteroatoms. The molecule has 154 valence electrons. The van der Waals surface area contributed by atoms with Gasteiger partial charge >= 0.3 is 0 Å². The lowest BCUT2D eigenvalue weighted by Crippen LogP contribution is -2.23. The third kappa shape index (κ3) is 6.23. The van der Waals surface area contributed by atoms with Crippen LogP contribution in [0.1, 0.15) is 23.0 Å². The number of furan rings is 1. The quantitative estimate of drug-likeness (QED) is 0.459. The Bertz CT molecular complexity index is 1010. The van der Waals surface area contributed by atoms with Crippen LogP contribution in [-0.4, -0.2) is 24.3 Å². The Kier molecular flexibility index (Phi) is 6.83. The normalized spacial score (nSPS) is 10.2. The van der Waals surface area contributed by atoms with Crippen LogP contribution in [0.3, 0.4) is 0 Å². The van der Waals surface area contributed by atoms with Crippen molar-refractivity contribution >= 4 is 34.8 Å². The molecule has 8 nitrogen and oxygen atoms in total. The first kappa shape index (κ1) is 20.7. The Balaban J connectivity index is 1.47. The van der Waals surface area contributed by atoms with E-state index >= 15 is 0 Å². The third-order valence-corrected chi connectivity index (χ3v) is 4.07. The van der Waals surface area contributed by atoms with Crippen LogP contribution in [0, 0.1) is 0 Å². The van der Waals surface area contributed by atoms with Crippen LogP contribution < -0.4 is 21.3 Å². The van der Waals surface area contributed by atoms with Crippen molar-refractivity contribution in [2.75, 3.05) is 22.5 Å². The van der Waals surface area contributed by atoms with Crippen molar-refractivity contribution in [3.8, 4) is 0 Å². The molecule has 3 rings (SSSR count). The van der Waals surface area contributed by atoms with Gasteiger partial charge in [0.1, 0.15) is 5.76 Å². The summed E-state index contributed by atoms with van der Waals surface area (Å²) in [5.41, 5.74) is 2.41. The van der Waals surface area contributed by atoms with E-state index in [9.17, 15) is 14.4 Å². The van der Waals surface area contributed by atoms with Gasteiger partial charge in [0, 0.05) is 29.5 Å². The van der Waals surface area contributed by atoms with Gasteiger partial charge in [0.25, 0.3) is 5.91 Å². The minimum Gasteiger partial charge on any atom is -0.467 e. The van der Waals surface area contributed by atoms with Crippen LogP contribution in [0.15, 0.2) is 71.3 Å². The first-order chi connectivity index (χ1) is 14.5. The van der Waals surface area contributed by atoms with E-state index in [1.807, 2.05) is 0 Å². The maximum Gasteiger partial charge on any atom is 0.251 e. The third-order valence-electron chi connectivity index (χ3n) is 4.07. The standard InChI is InChI=1S/C22H22N4O4/c1-15(27)25-19-5-2-4-18(12-19)23-14-21(28)26-17-9-7-16(8-10-17)22(29)24-13-20-6-3-11-30-20/h2-12,23H,13-14H2,1H3,(H,24,29)(H,25,27)(H,26,28). The van der Waals surface area contributed by atoms with Crippen molar-refractivity contribution in [2.45, 2.75) is 13.5 Å². The second-order valence-electron chi connectivity index (χ2n) is 6.50. The average molecular weight is 406 g/mol. The first-order valence-electron chi connectivity index (χ1n) is 9.31. The summed E-state index contributed by atoms with van der Waals surface area (Å²) in [4.78, 5) is 35.4. The van der Waals surface area contributed by atoms with E-state index in [-0.39, 0.29) is 24.3 Å². The number of anilines is 3. The molecule has 0 aliphatic rings. The van der Waals surface area contributed by atoms with Crippen LogP contribution in [0.25, 0.3) is 0 Å². The van der Waals surface area contributed by atoms with E-state index in [0.717, 1.165) is 0 Å². The highest BCUT2D eigenvalue weighted by Crippen LogP contribution is 2.15. The van der Waals surface area contributed by atoms with Crippen molar-refractivity contribution in [2.24, 2.45) is 0 Å². The lowest BCUT2D eigenvalue weighted by Gasteiger charge is -2.10. The molecular formula is C22H22N4O4. The summed E-state index contributed by atoms with van der Waals surface area (Å²) in [6, 6.07) is 17.2. The van der Waals surface area contributed by atoms with Crippen LogP contribution >= 0.6 is 0 Å². The summed E-state index contributed by atoms with van der Waals surface area (Å²) in [5.74, 6) is 0.0327. The van der Waals surface area contributed by atoms with Gasteiger partial charge in [-0.2, -0.15) is 0 Å². The molecule has 4 N–H and O–H groups in total. The summed E-state index contributed by atoms with van der Waals surface area (Å²) >= 11 is 0. The summed E-state index contributed by atoms with van der Waals surface area (Å²) in [5, 5.41) is 11.2. The zero-order valence-corrected chi connectivity index (χ0v) is 16.4. The molecule has 0 atom stereocenters. The molecular weight excluding hydrogens is 384 g/mol. The highest BCUT2D eigenvalue weighted by Gasteiger charge is 2.08. The van der Waals surface area contributed by atoms with E-state index in [4.69, 9.17) is 4.42 Å². The number of hydrogen-bond acceptors (Lipinski definition) is 5. The van der Waals surface area contributed by atoms with Gasteiger partial charge in [0.05, 0.1) is 19.4 Å². The van der Waals surface area contributed by atoms with E-state index in [1.165, 1.54) is 6.92 Å². The van der Waals surface area contributed by atoms with Gasteiger partial charge in [-0.25, -0.2) is 0 Å². The molecule has 30 heavy (non-hydrogen) atoms. The summed E-state index contributed by atoms with van der Waals surface area (Å²) in [7, 11) is 0. The predicted octanol–water partition coefficient (Wildman–Crippen LogP) is 3.22. The maximum absolute atomic E-state index is 12.2. The van der Waals surface area contributed by atoms with E-state index in [0.29, 0.717) is 34.9 Å². The maximum atomic E-state index is 12.2. The summed E-state index contributed by atoms with van der Waals surface area (Å²) in [6.45, 7) is 1.79. The minimum absolute atomic E-state index is 0.0505. The molecule has 2 aromatic carbocycles. The molecule has 0 saturated heterocycles. The number of hydrogen-bond donors (Lipinski definition) is 4. The van der Waals surface area contributed by atoms with Gasteiger partial charge in [0.15, 0.2) is 0 Å². The number of carbonyl (C=O) groups excluding carboxylic acids is 3. The number of nitrogens with one attached hydrogen (secondary N) is 4. The number of benzene rings is 2. The summed E-state index contributed by atoms with van der Waals surface area (Å²) < 4.78 is 5.17. The minimum atomic E-state index is -0.241. The second kappa shape index (κ2) is 9.92. The van der Waals surface area contributed by atoms with Crippen LogP contribution in [0.2, 0.25) is 0 Å². The van der Waals surface area contributed by atoms with E-state index < -0.39 is 0 Å². The monoisotopic (exact) mass is 406 g/mol. The molecule has 0 unspecified atom stereocenters. The Hall–Kier alpha value is -4.07. The fourth-order valence-corrected chi connectivity index (χ4v) is 2.69. The van der Waals surface area contributed by atoms with Gasteiger partial charge in [-0.15, -0.1) is 0 Å². The Labute approximate surface area is 173 Å². The van der Waals surface area contributed by atoms with Crippen LogP contribution in [-0.2, 0) is 16.1 Å². The van der Waals surface area contributed by atoms with Crippen molar-refractivity contribution in [3.05, 3.63) is 78.3 Å². The topological polar surface area (TPSA) is 112 Å². The van der Waals surface area contributed by atoms with Gasteiger partial charge < -0.3 is 25.7 Å². The molecule has 1 aromatic heterocycles. The smallest absolute Gasteiger partial charge is 0.251 e. The van der Waals surface area contributed by atoms with Crippen LogP contribution in [0.5, 0.6) is 0 Å². The first-order valence-corrected chi connectivity index (χ1v) is 9.31. The Morgan fingerprint density at radius 1 is 0.867 bits per heavy atom. The van der Waals surface area contributed by atoms with Gasteiger partial charge in [-0.1, -0.05) is 6.07 Å². The average Bonchev–Trinajstić information content (AvgIpc) is 3.24. The van der Waals surface area contributed by atoms with Crippen molar-refractivity contribution in [1.29, 1.82) is 0 Å². The zero-order chi connectivity index (χ0) is 21.3. The number of carbonyl (C=O) groups is 3. The van der Waals surface area contributed by atoms with Gasteiger partial charge in [-0.05, 0) is 54.6 Å². The molecule has 0 saturated carbocycles. The van der Waals surface area contributed by atoms with Crippen molar-refractivity contribution in [3.63, 3.8) is 0 Å². The molecule has 1 heterocycles. The van der Waals surface area contributed by atoms with E-state index in [1.54, 1.807) is 66.9 Å². The SMILES string of the molecule is CC(=O)Nc1cccc(NCC(=O)Nc2ccc(C(=O)NCc3ccco3)cc2)c1. The molecule has 3 amide bonds. The largest absolute Gasteiger partial charge is 0.467 e. The zero-order valence-electron chi connectivity index (χ0n) is 16.4. The second-order valence-corrected chi connectivity index (χ2v) is 6.50. The van der Waals surface area contributed by atoms with Crippen LogP contribution in [0.4, 0.5) is 17.1 Å². The Morgan fingerprint density at radius 2 is 1.63 bits per heavy atom. The fourth-order valence-electron chi connectivity index (χ4n) is 2.69. The number of amides is 3. The van der Waals surface area contributed by atoms with Crippen molar-refractivity contribution < 1.29 is 18.8 Å².